The van der Waals surface area contributed by atoms with Crippen LogP contribution in [0, 0.1) is 5.92 Å². The quantitative estimate of drug-likeness (QED) is 0.772. The van der Waals surface area contributed by atoms with Gasteiger partial charge in [0.2, 0.25) is 0 Å². The first kappa shape index (κ1) is 14.5. The first-order valence-electron chi connectivity index (χ1n) is 6.19. The minimum atomic E-state index is 0.587. The lowest BCUT2D eigenvalue weighted by Crippen LogP contribution is -2.30. The predicted octanol–water partition coefficient (Wildman–Crippen LogP) is 3.85. The van der Waals surface area contributed by atoms with E-state index in [1.165, 1.54) is 0 Å². The van der Waals surface area contributed by atoms with Crippen LogP contribution in [0.3, 0.4) is 0 Å². The smallest absolute Gasteiger partial charge is 0.119 e. The Hall–Kier alpha value is -0.540. The van der Waals surface area contributed by atoms with Gasteiger partial charge < -0.3 is 10.1 Å². The molecule has 0 spiro atoms. The summed E-state index contributed by atoms with van der Waals surface area (Å²) in [5, 5.41) is 3.35. The second-order valence-electron chi connectivity index (χ2n) is 4.58. The van der Waals surface area contributed by atoms with Gasteiger partial charge in [-0.1, -0.05) is 29.8 Å². The number of rotatable bonds is 7. The molecule has 0 aliphatic rings. The molecule has 0 aromatic heterocycles. The van der Waals surface area contributed by atoms with Gasteiger partial charge in [0, 0.05) is 10.5 Å². The van der Waals surface area contributed by atoms with E-state index in [0.29, 0.717) is 12.0 Å². The van der Waals surface area contributed by atoms with Crippen LogP contribution in [0.2, 0.25) is 0 Å². The van der Waals surface area contributed by atoms with E-state index in [9.17, 15) is 0 Å². The van der Waals surface area contributed by atoms with E-state index < -0.39 is 0 Å². The second-order valence-corrected chi connectivity index (χ2v) is 5.50. The van der Waals surface area contributed by atoms with Crippen LogP contribution in [-0.4, -0.2) is 19.7 Å². The highest BCUT2D eigenvalue weighted by molar-refractivity contribution is 9.10. The fourth-order valence-corrected chi connectivity index (χ4v) is 2.10. The zero-order valence-electron chi connectivity index (χ0n) is 10.9. The van der Waals surface area contributed by atoms with Gasteiger partial charge in [-0.25, -0.2) is 0 Å². The van der Waals surface area contributed by atoms with Gasteiger partial charge >= 0.3 is 0 Å². The van der Waals surface area contributed by atoms with E-state index in [2.05, 4.69) is 35.1 Å². The van der Waals surface area contributed by atoms with Crippen LogP contribution in [0.25, 0.3) is 0 Å². The van der Waals surface area contributed by atoms with Gasteiger partial charge in [0.05, 0.1) is 6.61 Å². The van der Waals surface area contributed by atoms with Gasteiger partial charge in [-0.05, 0) is 50.1 Å². The van der Waals surface area contributed by atoms with Crippen LogP contribution < -0.4 is 10.1 Å². The number of ether oxygens (including phenoxy) is 1. The van der Waals surface area contributed by atoms with Gasteiger partial charge in [0.25, 0.3) is 0 Å². The SMILES string of the molecule is CNC(CCCOc1ccc(Br)cc1)C(C)C. The van der Waals surface area contributed by atoms with Crippen molar-refractivity contribution in [1.29, 1.82) is 0 Å². The molecule has 3 heteroatoms. The number of hydrogen-bond donors (Lipinski definition) is 1. The Morgan fingerprint density at radius 3 is 2.41 bits per heavy atom. The van der Waals surface area contributed by atoms with E-state index in [1.807, 2.05) is 31.3 Å². The third-order valence-electron chi connectivity index (χ3n) is 2.92. The molecule has 0 fully saturated rings. The Kier molecular flexibility index (Phi) is 6.60. The van der Waals surface area contributed by atoms with Crippen LogP contribution in [-0.2, 0) is 0 Å². The molecular weight excluding hydrogens is 278 g/mol. The van der Waals surface area contributed by atoms with Crippen molar-refractivity contribution in [2.45, 2.75) is 32.7 Å². The van der Waals surface area contributed by atoms with E-state index in [-0.39, 0.29) is 0 Å². The molecule has 0 aliphatic heterocycles. The van der Waals surface area contributed by atoms with Crippen molar-refractivity contribution in [1.82, 2.24) is 5.32 Å². The summed E-state index contributed by atoms with van der Waals surface area (Å²) in [7, 11) is 2.03. The second kappa shape index (κ2) is 7.72. The van der Waals surface area contributed by atoms with E-state index in [4.69, 9.17) is 4.74 Å². The normalized spacial score (nSPS) is 12.8. The van der Waals surface area contributed by atoms with Gasteiger partial charge in [-0.15, -0.1) is 0 Å². The van der Waals surface area contributed by atoms with E-state index >= 15 is 0 Å². The molecule has 1 aromatic carbocycles. The number of halogens is 1. The Morgan fingerprint density at radius 1 is 1.24 bits per heavy atom. The third-order valence-corrected chi connectivity index (χ3v) is 3.45. The third kappa shape index (κ3) is 5.55. The Balaban J connectivity index is 2.22. The van der Waals surface area contributed by atoms with E-state index in [1.54, 1.807) is 0 Å². The highest BCUT2D eigenvalue weighted by Crippen LogP contribution is 2.16. The van der Waals surface area contributed by atoms with Crippen LogP contribution in [0.15, 0.2) is 28.7 Å². The highest BCUT2D eigenvalue weighted by Gasteiger charge is 2.09. The summed E-state index contributed by atoms with van der Waals surface area (Å²) in [4.78, 5) is 0. The first-order chi connectivity index (χ1) is 8.13. The lowest BCUT2D eigenvalue weighted by Gasteiger charge is -2.19. The molecule has 0 aliphatic carbocycles. The van der Waals surface area contributed by atoms with Crippen molar-refractivity contribution in [2.75, 3.05) is 13.7 Å². The molecule has 0 saturated carbocycles. The number of nitrogens with one attached hydrogen (secondary N) is 1. The fourth-order valence-electron chi connectivity index (χ4n) is 1.84. The Bertz CT molecular complexity index is 311. The predicted molar refractivity (Wildman–Crippen MR) is 76.6 cm³/mol. The standard InChI is InChI=1S/C14H22BrNO/c1-11(2)14(16-3)5-4-10-17-13-8-6-12(15)7-9-13/h6-9,11,14,16H,4-5,10H2,1-3H3. The summed E-state index contributed by atoms with van der Waals surface area (Å²) in [6.07, 6.45) is 2.24. The molecular formula is C14H22BrNO. The topological polar surface area (TPSA) is 21.3 Å². The molecule has 1 rings (SSSR count). The lowest BCUT2D eigenvalue weighted by molar-refractivity contribution is 0.285. The van der Waals surface area contributed by atoms with Crippen LogP contribution in [0.5, 0.6) is 5.75 Å². The molecule has 1 N–H and O–H groups in total. The molecule has 0 saturated heterocycles. The van der Waals surface area contributed by atoms with Crippen LogP contribution in [0.1, 0.15) is 26.7 Å². The maximum absolute atomic E-state index is 5.69. The molecule has 0 amide bonds. The monoisotopic (exact) mass is 299 g/mol. The molecule has 0 heterocycles. The zero-order chi connectivity index (χ0) is 12.7. The molecule has 2 nitrogen and oxygen atoms in total. The highest BCUT2D eigenvalue weighted by atomic mass is 79.9. The van der Waals surface area contributed by atoms with Gasteiger partial charge in [0.15, 0.2) is 0 Å². The molecule has 0 bridgehead atoms. The lowest BCUT2D eigenvalue weighted by atomic mass is 10.00. The fraction of sp³-hybridized carbons (Fsp3) is 0.571. The van der Waals surface area contributed by atoms with Crippen molar-refractivity contribution in [3.05, 3.63) is 28.7 Å². The van der Waals surface area contributed by atoms with Crippen LogP contribution in [0.4, 0.5) is 0 Å². The molecule has 96 valence electrons. The average Bonchev–Trinajstić information content (AvgIpc) is 2.31. The first-order valence-corrected chi connectivity index (χ1v) is 6.98. The maximum atomic E-state index is 5.69. The van der Waals surface area contributed by atoms with Gasteiger partial charge in [-0.3, -0.25) is 0 Å². The van der Waals surface area contributed by atoms with Crippen molar-refractivity contribution in [2.24, 2.45) is 5.92 Å². The Morgan fingerprint density at radius 2 is 1.88 bits per heavy atom. The minimum absolute atomic E-state index is 0.587. The molecule has 0 radical (unpaired) electrons. The maximum Gasteiger partial charge on any atom is 0.119 e. The van der Waals surface area contributed by atoms with Crippen molar-refractivity contribution in [3.8, 4) is 5.75 Å². The summed E-state index contributed by atoms with van der Waals surface area (Å²) in [5.41, 5.74) is 0. The molecule has 1 aromatic rings. The van der Waals surface area contributed by atoms with Gasteiger partial charge in [0.1, 0.15) is 5.75 Å². The molecule has 17 heavy (non-hydrogen) atoms. The largest absolute Gasteiger partial charge is 0.494 e. The van der Waals surface area contributed by atoms with Crippen molar-refractivity contribution < 1.29 is 4.74 Å². The van der Waals surface area contributed by atoms with Crippen LogP contribution >= 0.6 is 15.9 Å². The van der Waals surface area contributed by atoms with Crippen molar-refractivity contribution in [3.63, 3.8) is 0 Å². The molecule has 1 atom stereocenters. The average molecular weight is 300 g/mol. The Labute approximate surface area is 113 Å². The number of hydrogen-bond acceptors (Lipinski definition) is 2. The summed E-state index contributed by atoms with van der Waals surface area (Å²) in [6, 6.07) is 8.56. The summed E-state index contributed by atoms with van der Waals surface area (Å²) >= 11 is 3.41. The summed E-state index contributed by atoms with van der Waals surface area (Å²) < 4.78 is 6.77. The molecule has 1 unspecified atom stereocenters. The van der Waals surface area contributed by atoms with Gasteiger partial charge in [-0.2, -0.15) is 0 Å². The zero-order valence-corrected chi connectivity index (χ0v) is 12.5. The minimum Gasteiger partial charge on any atom is -0.494 e. The van der Waals surface area contributed by atoms with Crippen molar-refractivity contribution >= 4 is 15.9 Å². The summed E-state index contributed by atoms with van der Waals surface area (Å²) in [5.74, 6) is 1.62. The van der Waals surface area contributed by atoms with E-state index in [0.717, 1.165) is 29.7 Å². The summed E-state index contributed by atoms with van der Waals surface area (Å²) in [6.45, 7) is 5.28. The number of benzene rings is 1.